The maximum Gasteiger partial charge on any atom is 0.168 e. The van der Waals surface area contributed by atoms with Crippen molar-refractivity contribution in [1.82, 2.24) is 0 Å². The molecular weight excluding hydrogens is 464 g/mol. The highest BCUT2D eigenvalue weighted by atomic mass is 35.5. The van der Waals surface area contributed by atoms with Crippen molar-refractivity contribution in [3.05, 3.63) is 47.0 Å². The van der Waals surface area contributed by atoms with Crippen molar-refractivity contribution in [1.29, 1.82) is 5.26 Å². The van der Waals surface area contributed by atoms with Crippen LogP contribution >= 0.6 is 0 Å². The number of ether oxygens (including phenoxy) is 4. The highest BCUT2D eigenvalue weighted by molar-refractivity contribution is 5.83. The second-order valence-corrected chi connectivity index (χ2v) is 9.24. The zero-order valence-electron chi connectivity index (χ0n) is 21.9. The zero-order valence-corrected chi connectivity index (χ0v) is 22.7. The molecule has 0 radical (unpaired) electrons. The first-order chi connectivity index (χ1) is 16.3. The molecule has 1 aliphatic rings. The highest BCUT2D eigenvalue weighted by Crippen LogP contribution is 2.41. The number of methoxy groups -OCH3 is 4. The molecule has 0 aromatic heterocycles. The molecule has 0 aliphatic carbocycles. The third-order valence-corrected chi connectivity index (χ3v) is 7.17. The maximum absolute atomic E-state index is 10.4. The normalized spacial score (nSPS) is 14.4. The van der Waals surface area contributed by atoms with E-state index in [0.717, 1.165) is 49.3 Å². The number of benzene rings is 2. The van der Waals surface area contributed by atoms with Crippen LogP contribution in [-0.2, 0) is 18.4 Å². The Kier molecular flexibility index (Phi) is 9.85. The van der Waals surface area contributed by atoms with Gasteiger partial charge in [0.15, 0.2) is 35.3 Å². The van der Waals surface area contributed by atoms with Crippen LogP contribution < -0.4 is 31.4 Å². The lowest BCUT2D eigenvalue weighted by atomic mass is 9.69. The van der Waals surface area contributed by atoms with Gasteiger partial charge in [-0.25, -0.2) is 4.58 Å². The molecule has 0 fully saturated rings. The molecule has 0 saturated carbocycles. The molecule has 1 heterocycles. The molecule has 2 aromatic rings. The Bertz CT molecular complexity index is 1110. The van der Waals surface area contributed by atoms with E-state index in [0.29, 0.717) is 11.5 Å². The molecule has 0 spiro atoms. The van der Waals surface area contributed by atoms with Gasteiger partial charge in [-0.2, -0.15) is 5.26 Å². The summed E-state index contributed by atoms with van der Waals surface area (Å²) in [7, 11) is 8.74. The predicted molar refractivity (Wildman–Crippen MR) is 134 cm³/mol. The Balaban J connectivity index is 0.00000432. The number of nitriles is 1. The minimum atomic E-state index is -0.595. The van der Waals surface area contributed by atoms with E-state index in [9.17, 15) is 5.26 Å². The summed E-state index contributed by atoms with van der Waals surface area (Å²) >= 11 is 0. The van der Waals surface area contributed by atoms with E-state index in [1.165, 1.54) is 16.8 Å². The summed E-state index contributed by atoms with van der Waals surface area (Å²) in [5.74, 6) is 3.02. The van der Waals surface area contributed by atoms with Crippen molar-refractivity contribution in [2.24, 2.45) is 5.92 Å². The third-order valence-electron chi connectivity index (χ3n) is 7.17. The largest absolute Gasteiger partial charge is 1.00 e. The molecule has 6 nitrogen and oxygen atoms in total. The fraction of sp³-hybridized carbons (Fsp3) is 0.500. The maximum atomic E-state index is 10.4. The van der Waals surface area contributed by atoms with Crippen molar-refractivity contribution in [2.45, 2.75) is 51.5 Å². The van der Waals surface area contributed by atoms with E-state index in [4.69, 9.17) is 18.9 Å². The summed E-state index contributed by atoms with van der Waals surface area (Å²) in [6, 6.07) is 12.7. The van der Waals surface area contributed by atoms with Gasteiger partial charge in [0.25, 0.3) is 0 Å². The van der Waals surface area contributed by atoms with Gasteiger partial charge in [-0.05, 0) is 54.2 Å². The molecule has 2 aromatic carbocycles. The Hall–Kier alpha value is -2.91. The molecule has 1 atom stereocenters. The summed E-state index contributed by atoms with van der Waals surface area (Å²) in [4.78, 5) is 0. The van der Waals surface area contributed by atoms with Gasteiger partial charge in [-0.1, -0.05) is 19.9 Å². The second-order valence-electron chi connectivity index (χ2n) is 9.24. The molecule has 3 rings (SSSR count). The van der Waals surface area contributed by atoms with Crippen molar-refractivity contribution >= 4 is 5.71 Å². The predicted octanol–water partition coefficient (Wildman–Crippen LogP) is 2.15. The van der Waals surface area contributed by atoms with Gasteiger partial charge in [0, 0.05) is 12.0 Å². The number of hydrogen-bond donors (Lipinski definition) is 0. The smallest absolute Gasteiger partial charge is 0.168 e. The van der Waals surface area contributed by atoms with Crippen LogP contribution in [0.4, 0.5) is 0 Å². The van der Waals surface area contributed by atoms with Gasteiger partial charge in [0.2, 0.25) is 0 Å². The average Bonchev–Trinajstić information content (AvgIpc) is 2.85. The number of halogens is 1. The van der Waals surface area contributed by atoms with Gasteiger partial charge < -0.3 is 31.4 Å². The van der Waals surface area contributed by atoms with Crippen LogP contribution in [0.3, 0.4) is 0 Å². The first kappa shape index (κ1) is 28.3. The van der Waals surface area contributed by atoms with Crippen molar-refractivity contribution in [3.63, 3.8) is 0 Å². The van der Waals surface area contributed by atoms with Gasteiger partial charge in [-0.15, -0.1) is 0 Å². The van der Waals surface area contributed by atoms with E-state index < -0.39 is 5.41 Å². The molecule has 35 heavy (non-hydrogen) atoms. The van der Waals surface area contributed by atoms with Crippen molar-refractivity contribution in [3.8, 4) is 29.1 Å². The lowest BCUT2D eigenvalue weighted by Gasteiger charge is -2.32. The fourth-order valence-electron chi connectivity index (χ4n) is 4.98. The molecule has 190 valence electrons. The van der Waals surface area contributed by atoms with Crippen LogP contribution in [0.15, 0.2) is 30.3 Å². The standard InChI is InChI=1S/C28H37N2O4.ClH/c1-19(2)28(18-29,22-10-11-24(31-4)27(16-22)34-7)12-8-9-23-13-20-14-25(32-5)26(33-6)15-21(20)17-30(23)3;/h10-11,14-16,19H,8-9,12-13,17H2,1-7H3;1H/q+1;/p-1. The van der Waals surface area contributed by atoms with E-state index >= 15 is 0 Å². The molecule has 0 bridgehead atoms. The topological polar surface area (TPSA) is 63.7 Å². The molecule has 0 saturated heterocycles. The van der Waals surface area contributed by atoms with E-state index in [2.05, 4.69) is 43.7 Å². The number of nitrogens with zero attached hydrogens (tertiary/aromatic N) is 2. The van der Waals surface area contributed by atoms with Crippen LogP contribution in [0.1, 0.15) is 49.8 Å². The number of fused-ring (bicyclic) bond motifs is 1. The van der Waals surface area contributed by atoms with Gasteiger partial charge >= 0.3 is 0 Å². The average molecular weight is 501 g/mol. The van der Waals surface area contributed by atoms with Crippen LogP contribution in [0.5, 0.6) is 23.0 Å². The van der Waals surface area contributed by atoms with Crippen molar-refractivity contribution in [2.75, 3.05) is 35.5 Å². The number of hydrogen-bond acceptors (Lipinski definition) is 5. The van der Waals surface area contributed by atoms with E-state index in [-0.39, 0.29) is 18.3 Å². The molecular formula is C28H37ClN2O4. The van der Waals surface area contributed by atoms with Gasteiger partial charge in [0.05, 0.1) is 46.3 Å². The quantitative estimate of drug-likeness (QED) is 0.468. The first-order valence-corrected chi connectivity index (χ1v) is 11.8. The minimum absolute atomic E-state index is 0. The van der Waals surface area contributed by atoms with E-state index in [1.807, 2.05) is 18.2 Å². The molecule has 7 heteroatoms. The lowest BCUT2D eigenvalue weighted by Crippen LogP contribution is -3.00. The summed E-state index contributed by atoms with van der Waals surface area (Å²) in [5, 5.41) is 10.4. The minimum Gasteiger partial charge on any atom is -1.00 e. The Morgan fingerprint density at radius 3 is 2.03 bits per heavy atom. The zero-order chi connectivity index (χ0) is 24.9. The molecule has 1 aliphatic heterocycles. The monoisotopic (exact) mass is 500 g/mol. The SMILES string of the molecule is COc1ccc(C(C#N)(CCCC2=[N+](C)Cc3cc(OC)c(OC)cc3C2)C(C)C)cc1OC.[Cl-]. The van der Waals surface area contributed by atoms with Crippen LogP contribution in [0.25, 0.3) is 0 Å². The van der Waals surface area contributed by atoms with Crippen molar-refractivity contribution < 1.29 is 35.9 Å². The van der Waals surface area contributed by atoms with Crippen LogP contribution in [-0.4, -0.2) is 45.8 Å². The molecule has 1 unspecified atom stereocenters. The Morgan fingerprint density at radius 1 is 0.914 bits per heavy atom. The van der Waals surface area contributed by atoms with E-state index in [1.54, 1.807) is 28.4 Å². The fourth-order valence-corrected chi connectivity index (χ4v) is 4.98. The highest BCUT2D eigenvalue weighted by Gasteiger charge is 2.37. The summed E-state index contributed by atoms with van der Waals surface area (Å²) in [6.07, 6.45) is 3.51. The van der Waals surface area contributed by atoms with Gasteiger partial charge in [-0.3, -0.25) is 0 Å². The third kappa shape index (κ3) is 5.67. The lowest BCUT2D eigenvalue weighted by molar-refractivity contribution is -0.518. The summed E-state index contributed by atoms with van der Waals surface area (Å²) < 4.78 is 24.2. The summed E-state index contributed by atoms with van der Waals surface area (Å²) in [5.41, 5.74) is 4.31. The molecule has 0 amide bonds. The molecule has 0 N–H and O–H groups in total. The van der Waals surface area contributed by atoms with Crippen LogP contribution in [0.2, 0.25) is 0 Å². The number of rotatable bonds is 10. The van der Waals surface area contributed by atoms with Gasteiger partial charge in [0.1, 0.15) is 7.05 Å². The van der Waals surface area contributed by atoms with Crippen LogP contribution in [0, 0.1) is 17.2 Å². The Labute approximate surface area is 215 Å². The first-order valence-electron chi connectivity index (χ1n) is 11.8. The summed E-state index contributed by atoms with van der Waals surface area (Å²) in [6.45, 7) is 5.08. The Morgan fingerprint density at radius 2 is 1.49 bits per heavy atom. The second kappa shape index (κ2) is 12.2.